The number of nitrogens with zero attached hydrogens (tertiary/aromatic N) is 3. The molecular weight excluding hydrogens is 310 g/mol. The van der Waals surface area contributed by atoms with Crippen LogP contribution in [0.2, 0.25) is 0 Å². The van der Waals surface area contributed by atoms with Gasteiger partial charge in [-0.2, -0.15) is 4.98 Å². The SMILES string of the molecule is CCOc1nnc(-c2ccccc2)c(-c2ccc3ccccc3c2)n1. The third-order valence-corrected chi connectivity index (χ3v) is 4.01. The second-order valence-corrected chi connectivity index (χ2v) is 5.65. The van der Waals surface area contributed by atoms with Crippen molar-refractivity contribution >= 4 is 10.8 Å². The molecule has 0 radical (unpaired) electrons. The zero-order chi connectivity index (χ0) is 17.1. The fourth-order valence-corrected chi connectivity index (χ4v) is 2.83. The Morgan fingerprint density at radius 3 is 2.28 bits per heavy atom. The Labute approximate surface area is 146 Å². The van der Waals surface area contributed by atoms with Crippen LogP contribution in [0.5, 0.6) is 6.01 Å². The van der Waals surface area contributed by atoms with E-state index >= 15 is 0 Å². The molecular formula is C21H17N3O. The first kappa shape index (κ1) is 15.3. The third kappa shape index (κ3) is 3.06. The van der Waals surface area contributed by atoms with Gasteiger partial charge in [-0.15, -0.1) is 5.10 Å². The fraction of sp³-hybridized carbons (Fsp3) is 0.0952. The van der Waals surface area contributed by atoms with Gasteiger partial charge in [-0.25, -0.2) is 0 Å². The molecule has 122 valence electrons. The van der Waals surface area contributed by atoms with Gasteiger partial charge < -0.3 is 4.74 Å². The highest BCUT2D eigenvalue weighted by atomic mass is 16.5. The van der Waals surface area contributed by atoms with E-state index in [1.807, 2.05) is 49.4 Å². The summed E-state index contributed by atoms with van der Waals surface area (Å²) in [6.07, 6.45) is 0. The number of ether oxygens (including phenoxy) is 1. The van der Waals surface area contributed by atoms with Crippen molar-refractivity contribution in [1.82, 2.24) is 15.2 Å². The summed E-state index contributed by atoms with van der Waals surface area (Å²) in [6, 6.07) is 24.8. The van der Waals surface area contributed by atoms with Gasteiger partial charge in [-0.05, 0) is 23.8 Å². The fourth-order valence-electron chi connectivity index (χ4n) is 2.83. The third-order valence-electron chi connectivity index (χ3n) is 4.01. The molecule has 0 unspecified atom stereocenters. The minimum absolute atomic E-state index is 0.297. The molecule has 0 aliphatic rings. The van der Waals surface area contributed by atoms with Gasteiger partial charge in [0.15, 0.2) is 0 Å². The Kier molecular flexibility index (Phi) is 4.09. The molecule has 25 heavy (non-hydrogen) atoms. The summed E-state index contributed by atoms with van der Waals surface area (Å²) in [5.74, 6) is 0. The molecule has 0 bridgehead atoms. The average molecular weight is 327 g/mol. The van der Waals surface area contributed by atoms with E-state index in [0.29, 0.717) is 12.6 Å². The van der Waals surface area contributed by atoms with E-state index in [1.54, 1.807) is 0 Å². The van der Waals surface area contributed by atoms with Crippen molar-refractivity contribution in [2.24, 2.45) is 0 Å². The summed E-state index contributed by atoms with van der Waals surface area (Å²) in [5, 5.41) is 10.9. The van der Waals surface area contributed by atoms with Crippen LogP contribution < -0.4 is 4.74 Å². The van der Waals surface area contributed by atoms with E-state index < -0.39 is 0 Å². The number of aromatic nitrogens is 3. The first-order chi connectivity index (χ1) is 12.3. The van der Waals surface area contributed by atoms with Crippen LogP contribution in [0.1, 0.15) is 6.92 Å². The quantitative estimate of drug-likeness (QED) is 0.542. The highest BCUT2D eigenvalue weighted by Gasteiger charge is 2.14. The molecule has 0 spiro atoms. The van der Waals surface area contributed by atoms with Gasteiger partial charge in [0.2, 0.25) is 0 Å². The summed E-state index contributed by atoms with van der Waals surface area (Å²) in [5.41, 5.74) is 3.50. The van der Waals surface area contributed by atoms with E-state index in [1.165, 1.54) is 5.39 Å². The van der Waals surface area contributed by atoms with Crippen LogP contribution in [-0.4, -0.2) is 21.8 Å². The van der Waals surface area contributed by atoms with Crippen LogP contribution in [-0.2, 0) is 0 Å². The van der Waals surface area contributed by atoms with Crippen molar-refractivity contribution in [3.8, 4) is 28.5 Å². The van der Waals surface area contributed by atoms with Crippen LogP contribution in [0.25, 0.3) is 33.3 Å². The van der Waals surface area contributed by atoms with Crippen molar-refractivity contribution in [2.75, 3.05) is 6.61 Å². The normalized spacial score (nSPS) is 10.8. The molecule has 4 nitrogen and oxygen atoms in total. The van der Waals surface area contributed by atoms with E-state index in [9.17, 15) is 0 Å². The van der Waals surface area contributed by atoms with Gasteiger partial charge in [0, 0.05) is 11.1 Å². The van der Waals surface area contributed by atoms with Crippen LogP contribution in [0.3, 0.4) is 0 Å². The monoisotopic (exact) mass is 327 g/mol. The minimum Gasteiger partial charge on any atom is -0.463 e. The molecule has 0 amide bonds. The molecule has 4 rings (SSSR count). The van der Waals surface area contributed by atoms with Crippen LogP contribution in [0.4, 0.5) is 0 Å². The molecule has 0 saturated heterocycles. The van der Waals surface area contributed by atoms with Gasteiger partial charge in [0.1, 0.15) is 11.4 Å². The molecule has 1 heterocycles. The lowest BCUT2D eigenvalue weighted by Gasteiger charge is -2.10. The second kappa shape index (κ2) is 6.69. The molecule has 0 atom stereocenters. The molecule has 4 aromatic rings. The smallest absolute Gasteiger partial charge is 0.336 e. The highest BCUT2D eigenvalue weighted by Crippen LogP contribution is 2.31. The predicted molar refractivity (Wildman–Crippen MR) is 99.4 cm³/mol. The Hall–Kier alpha value is -3.27. The van der Waals surface area contributed by atoms with Crippen LogP contribution in [0, 0.1) is 0 Å². The molecule has 0 aliphatic heterocycles. The first-order valence-electron chi connectivity index (χ1n) is 8.27. The predicted octanol–water partition coefficient (Wildman–Crippen LogP) is 4.76. The number of benzene rings is 3. The zero-order valence-corrected chi connectivity index (χ0v) is 13.9. The van der Waals surface area contributed by atoms with Crippen molar-refractivity contribution in [2.45, 2.75) is 6.92 Å². The lowest BCUT2D eigenvalue weighted by atomic mass is 10.0. The first-order valence-corrected chi connectivity index (χ1v) is 8.27. The average Bonchev–Trinajstić information content (AvgIpc) is 2.68. The summed E-state index contributed by atoms with van der Waals surface area (Å²) in [4.78, 5) is 4.62. The molecule has 4 heteroatoms. The summed E-state index contributed by atoms with van der Waals surface area (Å²) >= 11 is 0. The topological polar surface area (TPSA) is 47.9 Å². The molecule has 0 N–H and O–H groups in total. The van der Waals surface area contributed by atoms with Crippen molar-refractivity contribution in [3.63, 3.8) is 0 Å². The Balaban J connectivity index is 1.91. The molecule has 0 aliphatic carbocycles. The lowest BCUT2D eigenvalue weighted by molar-refractivity contribution is 0.308. The summed E-state index contributed by atoms with van der Waals surface area (Å²) in [7, 11) is 0. The number of rotatable bonds is 4. The summed E-state index contributed by atoms with van der Waals surface area (Å²) < 4.78 is 5.46. The molecule has 0 fully saturated rings. The number of fused-ring (bicyclic) bond motifs is 1. The van der Waals surface area contributed by atoms with E-state index in [2.05, 4.69) is 45.5 Å². The highest BCUT2D eigenvalue weighted by molar-refractivity contribution is 5.89. The van der Waals surface area contributed by atoms with Gasteiger partial charge >= 0.3 is 6.01 Å². The van der Waals surface area contributed by atoms with Gasteiger partial charge in [-0.1, -0.05) is 71.8 Å². The van der Waals surface area contributed by atoms with Crippen molar-refractivity contribution < 1.29 is 4.74 Å². The maximum absolute atomic E-state index is 5.46. The Morgan fingerprint density at radius 1 is 0.720 bits per heavy atom. The van der Waals surface area contributed by atoms with Gasteiger partial charge in [0.25, 0.3) is 0 Å². The standard InChI is InChI=1S/C21H17N3O/c1-2-25-21-22-19(20(23-24-21)16-9-4-3-5-10-16)18-13-12-15-8-6-7-11-17(15)14-18/h3-14H,2H2,1H3. The molecule has 1 aromatic heterocycles. The van der Waals surface area contributed by atoms with E-state index in [4.69, 9.17) is 4.74 Å². The minimum atomic E-state index is 0.297. The van der Waals surface area contributed by atoms with Crippen molar-refractivity contribution in [1.29, 1.82) is 0 Å². The Morgan fingerprint density at radius 2 is 1.48 bits per heavy atom. The number of hydrogen-bond donors (Lipinski definition) is 0. The maximum Gasteiger partial charge on any atom is 0.336 e. The summed E-state index contributed by atoms with van der Waals surface area (Å²) in [6.45, 7) is 2.41. The molecule has 0 saturated carbocycles. The van der Waals surface area contributed by atoms with E-state index in [0.717, 1.165) is 27.9 Å². The lowest BCUT2D eigenvalue weighted by Crippen LogP contribution is -2.03. The van der Waals surface area contributed by atoms with Gasteiger partial charge in [0.05, 0.1) is 6.61 Å². The maximum atomic E-state index is 5.46. The van der Waals surface area contributed by atoms with E-state index in [-0.39, 0.29) is 0 Å². The zero-order valence-electron chi connectivity index (χ0n) is 13.9. The van der Waals surface area contributed by atoms with Gasteiger partial charge in [-0.3, -0.25) is 0 Å². The Bertz CT molecular complexity index is 1020. The molecule has 3 aromatic carbocycles. The largest absolute Gasteiger partial charge is 0.463 e. The van der Waals surface area contributed by atoms with Crippen LogP contribution >= 0.6 is 0 Å². The second-order valence-electron chi connectivity index (χ2n) is 5.65. The van der Waals surface area contributed by atoms with Crippen molar-refractivity contribution in [3.05, 3.63) is 72.8 Å². The van der Waals surface area contributed by atoms with Crippen LogP contribution in [0.15, 0.2) is 72.8 Å². The number of hydrogen-bond acceptors (Lipinski definition) is 4.